The molecule has 2 aromatic rings. The summed E-state index contributed by atoms with van der Waals surface area (Å²) in [7, 11) is 0. The van der Waals surface area contributed by atoms with E-state index in [1.807, 2.05) is 0 Å². The number of nitrogens with one attached hydrogen (secondary N) is 1. The van der Waals surface area contributed by atoms with Crippen LogP contribution in [0.4, 0.5) is 13.2 Å². The molecule has 1 N–H and O–H groups in total. The van der Waals surface area contributed by atoms with E-state index in [2.05, 4.69) is 9.72 Å². The van der Waals surface area contributed by atoms with E-state index in [0.29, 0.717) is 11.3 Å². The molecule has 0 atom stereocenters. The number of halogens is 3. The molecule has 0 bridgehead atoms. The molecule has 0 amide bonds. The first kappa shape index (κ1) is 10.6. The number of hydrogen-bond donors (Lipinski definition) is 1. The van der Waals surface area contributed by atoms with Crippen molar-refractivity contribution in [3.05, 3.63) is 42.6 Å². The zero-order chi connectivity index (χ0) is 11.6. The number of alkyl halides is 3. The highest BCUT2D eigenvalue weighted by molar-refractivity contribution is 5.67. The highest BCUT2D eigenvalue weighted by atomic mass is 19.4. The third-order valence-electron chi connectivity index (χ3n) is 2.00. The Morgan fingerprint density at radius 1 is 1.00 bits per heavy atom. The molecule has 0 aliphatic heterocycles. The van der Waals surface area contributed by atoms with Crippen LogP contribution >= 0.6 is 0 Å². The van der Waals surface area contributed by atoms with Crippen molar-refractivity contribution >= 4 is 0 Å². The van der Waals surface area contributed by atoms with E-state index in [0.717, 1.165) is 0 Å². The van der Waals surface area contributed by atoms with Crippen molar-refractivity contribution in [1.29, 1.82) is 0 Å². The summed E-state index contributed by atoms with van der Waals surface area (Å²) in [6.45, 7) is 0. The fourth-order valence-corrected chi connectivity index (χ4v) is 1.40. The lowest BCUT2D eigenvalue weighted by atomic mass is 10.1. The normalized spacial score (nSPS) is 11.4. The predicted octanol–water partition coefficient (Wildman–Crippen LogP) is 3.58. The summed E-state index contributed by atoms with van der Waals surface area (Å²) in [5, 5.41) is 0. The van der Waals surface area contributed by atoms with E-state index in [-0.39, 0.29) is 5.75 Å². The van der Waals surface area contributed by atoms with Gasteiger partial charge in [0.2, 0.25) is 0 Å². The van der Waals surface area contributed by atoms with Crippen LogP contribution in [0.15, 0.2) is 42.6 Å². The minimum atomic E-state index is -4.68. The number of aromatic amines is 1. The van der Waals surface area contributed by atoms with E-state index in [1.165, 1.54) is 12.1 Å². The van der Waals surface area contributed by atoms with E-state index >= 15 is 0 Å². The highest BCUT2D eigenvalue weighted by Gasteiger charge is 2.32. The molecule has 0 aliphatic rings. The van der Waals surface area contributed by atoms with Crippen LogP contribution in [0.2, 0.25) is 0 Å². The SMILES string of the molecule is FC(F)(F)Oc1ccccc1-c1ccc[nH]1. The van der Waals surface area contributed by atoms with Crippen molar-refractivity contribution in [3.8, 4) is 17.0 Å². The van der Waals surface area contributed by atoms with Gasteiger partial charge < -0.3 is 9.72 Å². The maximum absolute atomic E-state index is 12.1. The monoisotopic (exact) mass is 227 g/mol. The molecular weight excluding hydrogens is 219 g/mol. The molecule has 0 saturated carbocycles. The van der Waals surface area contributed by atoms with E-state index in [9.17, 15) is 13.2 Å². The number of ether oxygens (including phenoxy) is 1. The third-order valence-corrected chi connectivity index (χ3v) is 2.00. The van der Waals surface area contributed by atoms with Crippen LogP contribution in [0.5, 0.6) is 5.75 Å². The smallest absolute Gasteiger partial charge is 0.405 e. The van der Waals surface area contributed by atoms with Crippen LogP contribution in [0.1, 0.15) is 0 Å². The van der Waals surface area contributed by atoms with Gasteiger partial charge in [-0.2, -0.15) is 0 Å². The lowest BCUT2D eigenvalue weighted by molar-refractivity contribution is -0.274. The Morgan fingerprint density at radius 3 is 2.38 bits per heavy atom. The first-order valence-corrected chi connectivity index (χ1v) is 4.55. The van der Waals surface area contributed by atoms with Crippen molar-refractivity contribution < 1.29 is 17.9 Å². The maximum atomic E-state index is 12.1. The average molecular weight is 227 g/mol. The first-order chi connectivity index (χ1) is 7.56. The van der Waals surface area contributed by atoms with Gasteiger partial charge in [0.25, 0.3) is 0 Å². The van der Waals surface area contributed by atoms with Gasteiger partial charge in [0.15, 0.2) is 0 Å². The Labute approximate surface area is 89.7 Å². The summed E-state index contributed by atoms with van der Waals surface area (Å²) in [6.07, 6.45) is -3.04. The maximum Gasteiger partial charge on any atom is 0.573 e. The van der Waals surface area contributed by atoms with Crippen molar-refractivity contribution in [1.82, 2.24) is 4.98 Å². The Bertz CT molecular complexity index is 462. The molecule has 2 nitrogen and oxygen atoms in total. The number of benzene rings is 1. The fraction of sp³-hybridized carbons (Fsp3) is 0.0909. The summed E-state index contributed by atoms with van der Waals surface area (Å²) in [6, 6.07) is 9.38. The van der Waals surface area contributed by atoms with Gasteiger partial charge in [0.05, 0.1) is 0 Å². The van der Waals surface area contributed by atoms with Gasteiger partial charge in [-0.15, -0.1) is 13.2 Å². The Morgan fingerprint density at radius 2 is 1.75 bits per heavy atom. The Hall–Kier alpha value is -1.91. The van der Waals surface area contributed by atoms with Crippen LogP contribution in [-0.4, -0.2) is 11.3 Å². The lowest BCUT2D eigenvalue weighted by Crippen LogP contribution is -2.17. The van der Waals surface area contributed by atoms with Gasteiger partial charge in [-0.05, 0) is 24.3 Å². The molecule has 0 unspecified atom stereocenters. The van der Waals surface area contributed by atoms with Crippen LogP contribution in [0.3, 0.4) is 0 Å². The van der Waals surface area contributed by atoms with Crippen molar-refractivity contribution in [3.63, 3.8) is 0 Å². The standard InChI is InChI=1S/C11H8F3NO/c12-11(13,14)16-10-6-2-1-4-8(10)9-5-3-7-15-9/h1-7,15H. The fourth-order valence-electron chi connectivity index (χ4n) is 1.40. The first-order valence-electron chi connectivity index (χ1n) is 4.55. The lowest BCUT2D eigenvalue weighted by Gasteiger charge is -2.12. The molecule has 1 aromatic carbocycles. The molecule has 0 saturated heterocycles. The predicted molar refractivity (Wildman–Crippen MR) is 52.9 cm³/mol. The average Bonchev–Trinajstić information content (AvgIpc) is 2.69. The highest BCUT2D eigenvalue weighted by Crippen LogP contribution is 2.32. The molecule has 0 radical (unpaired) electrons. The molecule has 84 valence electrons. The van der Waals surface area contributed by atoms with Gasteiger partial charge in [0, 0.05) is 17.5 Å². The molecule has 5 heteroatoms. The quantitative estimate of drug-likeness (QED) is 0.833. The Balaban J connectivity index is 2.39. The minimum absolute atomic E-state index is 0.211. The molecule has 2 rings (SSSR count). The molecule has 0 aliphatic carbocycles. The van der Waals surface area contributed by atoms with Crippen molar-refractivity contribution in [2.75, 3.05) is 0 Å². The second-order valence-electron chi connectivity index (χ2n) is 3.13. The molecule has 1 heterocycles. The summed E-state index contributed by atoms with van der Waals surface area (Å²) >= 11 is 0. The van der Waals surface area contributed by atoms with Crippen LogP contribution in [0.25, 0.3) is 11.3 Å². The number of H-pyrrole nitrogens is 1. The molecule has 0 fully saturated rings. The number of aromatic nitrogens is 1. The van der Waals surface area contributed by atoms with E-state index < -0.39 is 6.36 Å². The van der Waals surface area contributed by atoms with Gasteiger partial charge in [-0.3, -0.25) is 0 Å². The molecule has 0 spiro atoms. The number of hydrogen-bond acceptors (Lipinski definition) is 1. The second-order valence-corrected chi connectivity index (χ2v) is 3.13. The zero-order valence-corrected chi connectivity index (χ0v) is 8.08. The molecule has 16 heavy (non-hydrogen) atoms. The van der Waals surface area contributed by atoms with Gasteiger partial charge in [-0.25, -0.2) is 0 Å². The summed E-state index contributed by atoms with van der Waals surface area (Å²) < 4.78 is 40.3. The van der Waals surface area contributed by atoms with Gasteiger partial charge >= 0.3 is 6.36 Å². The van der Waals surface area contributed by atoms with Crippen LogP contribution in [-0.2, 0) is 0 Å². The topological polar surface area (TPSA) is 25.0 Å². The number of para-hydroxylation sites is 1. The Kier molecular flexibility index (Phi) is 2.60. The second kappa shape index (κ2) is 3.92. The summed E-state index contributed by atoms with van der Waals surface area (Å²) in [5.41, 5.74) is 0.963. The third kappa shape index (κ3) is 2.36. The largest absolute Gasteiger partial charge is 0.573 e. The summed E-state index contributed by atoms with van der Waals surface area (Å²) in [4.78, 5) is 2.83. The van der Waals surface area contributed by atoms with Crippen molar-refractivity contribution in [2.45, 2.75) is 6.36 Å². The van der Waals surface area contributed by atoms with Gasteiger partial charge in [0.1, 0.15) is 5.75 Å². The summed E-state index contributed by atoms with van der Waals surface area (Å²) in [5.74, 6) is -0.211. The zero-order valence-electron chi connectivity index (χ0n) is 8.08. The van der Waals surface area contributed by atoms with Crippen LogP contribution in [0, 0.1) is 0 Å². The van der Waals surface area contributed by atoms with Crippen LogP contribution < -0.4 is 4.74 Å². The molecule has 1 aromatic heterocycles. The minimum Gasteiger partial charge on any atom is -0.405 e. The van der Waals surface area contributed by atoms with Crippen molar-refractivity contribution in [2.24, 2.45) is 0 Å². The molecular formula is C11H8F3NO. The van der Waals surface area contributed by atoms with Gasteiger partial charge in [-0.1, -0.05) is 12.1 Å². The van der Waals surface area contributed by atoms with E-state index in [1.54, 1.807) is 30.5 Å². The van der Waals surface area contributed by atoms with E-state index in [4.69, 9.17) is 0 Å². The number of rotatable bonds is 2.